The molecule has 2 aromatic rings. The highest BCUT2D eigenvalue weighted by Crippen LogP contribution is 2.33. The van der Waals surface area contributed by atoms with Crippen LogP contribution in [0.1, 0.15) is 51.2 Å². The average Bonchev–Trinajstić information content (AvgIpc) is 2.82. The first-order valence-electron chi connectivity index (χ1n) is 11.1. The van der Waals surface area contributed by atoms with E-state index >= 15 is 0 Å². The van der Waals surface area contributed by atoms with Gasteiger partial charge in [-0.2, -0.15) is 0 Å². The van der Waals surface area contributed by atoms with E-state index in [-0.39, 0.29) is 25.4 Å². The molecule has 0 aliphatic carbocycles. The number of esters is 2. The molecular formula is C26H30O7S. The highest BCUT2D eigenvalue weighted by atomic mass is 32.2. The van der Waals surface area contributed by atoms with Crippen LogP contribution >= 0.6 is 0 Å². The van der Waals surface area contributed by atoms with Crippen molar-refractivity contribution in [1.29, 1.82) is 0 Å². The van der Waals surface area contributed by atoms with Crippen molar-refractivity contribution < 1.29 is 32.7 Å². The van der Waals surface area contributed by atoms with Gasteiger partial charge in [-0.15, -0.1) is 0 Å². The van der Waals surface area contributed by atoms with Gasteiger partial charge in [-0.1, -0.05) is 56.3 Å². The molecule has 0 radical (unpaired) electrons. The summed E-state index contributed by atoms with van der Waals surface area (Å²) in [5.41, 5.74) is 2.07. The van der Waals surface area contributed by atoms with E-state index in [1.807, 2.05) is 42.5 Å². The van der Waals surface area contributed by atoms with Crippen molar-refractivity contribution in [2.75, 3.05) is 6.61 Å². The minimum Gasteiger partial charge on any atom is -0.463 e. The third-order valence-electron chi connectivity index (χ3n) is 5.19. The lowest BCUT2D eigenvalue weighted by Crippen LogP contribution is -2.38. The van der Waals surface area contributed by atoms with E-state index in [9.17, 15) is 13.8 Å². The van der Waals surface area contributed by atoms with Gasteiger partial charge in [0.1, 0.15) is 6.61 Å². The lowest BCUT2D eigenvalue weighted by Gasteiger charge is -2.32. The van der Waals surface area contributed by atoms with E-state index in [1.54, 1.807) is 12.1 Å². The van der Waals surface area contributed by atoms with Gasteiger partial charge in [-0.25, -0.2) is 4.21 Å². The van der Waals surface area contributed by atoms with Crippen LogP contribution in [-0.2, 0) is 45.9 Å². The lowest BCUT2D eigenvalue weighted by molar-refractivity contribution is -0.196. The van der Waals surface area contributed by atoms with Crippen LogP contribution in [0.15, 0.2) is 70.2 Å². The molecule has 0 bridgehead atoms. The van der Waals surface area contributed by atoms with Gasteiger partial charge in [0, 0.05) is 25.2 Å². The first kappa shape index (κ1) is 25.8. The molecule has 0 saturated carbocycles. The van der Waals surface area contributed by atoms with Crippen molar-refractivity contribution in [1.82, 2.24) is 0 Å². The molecule has 0 saturated heterocycles. The van der Waals surface area contributed by atoms with Gasteiger partial charge in [0.05, 0.1) is 22.3 Å². The lowest BCUT2D eigenvalue weighted by atomic mass is 10.0. The molecule has 1 heterocycles. The highest BCUT2D eigenvalue weighted by molar-refractivity contribution is 7.89. The summed E-state index contributed by atoms with van der Waals surface area (Å²) in [6.45, 7) is 6.77. The Bertz CT molecular complexity index is 1040. The molecule has 34 heavy (non-hydrogen) atoms. The Morgan fingerprint density at radius 3 is 2.29 bits per heavy atom. The minimum absolute atomic E-state index is 0.0968. The van der Waals surface area contributed by atoms with Gasteiger partial charge in [0.15, 0.2) is 18.2 Å². The smallest absolute Gasteiger partial charge is 0.307 e. The fourth-order valence-electron chi connectivity index (χ4n) is 3.46. The van der Waals surface area contributed by atoms with Crippen molar-refractivity contribution in [2.45, 2.75) is 63.9 Å². The van der Waals surface area contributed by atoms with Crippen LogP contribution in [0.5, 0.6) is 0 Å². The quantitative estimate of drug-likeness (QED) is 0.479. The molecule has 2 aromatic carbocycles. The van der Waals surface area contributed by atoms with Gasteiger partial charge in [0.25, 0.3) is 0 Å². The summed E-state index contributed by atoms with van der Waals surface area (Å²) in [5.74, 6) is -0.658. The predicted molar refractivity (Wildman–Crippen MR) is 127 cm³/mol. The second-order valence-corrected chi connectivity index (χ2v) is 9.73. The molecule has 0 aromatic heterocycles. The summed E-state index contributed by atoms with van der Waals surface area (Å²) < 4.78 is 36.1. The number of hydrogen-bond acceptors (Lipinski definition) is 7. The molecule has 8 heteroatoms. The van der Waals surface area contributed by atoms with E-state index < -0.39 is 35.1 Å². The Hall–Kier alpha value is -2.81. The summed E-state index contributed by atoms with van der Waals surface area (Å²) in [6, 6.07) is 17.1. The summed E-state index contributed by atoms with van der Waals surface area (Å²) in [7, 11) is -1.64. The Balaban J connectivity index is 1.92. The Morgan fingerprint density at radius 2 is 1.71 bits per heavy atom. The van der Waals surface area contributed by atoms with E-state index in [4.69, 9.17) is 18.9 Å². The van der Waals surface area contributed by atoms with E-state index in [2.05, 4.69) is 13.8 Å². The van der Waals surface area contributed by atoms with Crippen molar-refractivity contribution in [3.05, 3.63) is 76.4 Å². The zero-order chi connectivity index (χ0) is 24.7. The topological polar surface area (TPSA) is 88.1 Å². The molecule has 1 aliphatic rings. The molecule has 0 spiro atoms. The van der Waals surface area contributed by atoms with Crippen LogP contribution in [0.4, 0.5) is 0 Å². The molecule has 1 aliphatic heterocycles. The number of carbonyl (C=O) groups is 2. The third-order valence-corrected chi connectivity index (χ3v) is 6.71. The molecule has 0 N–H and O–H groups in total. The van der Waals surface area contributed by atoms with E-state index in [0.29, 0.717) is 15.7 Å². The van der Waals surface area contributed by atoms with Gasteiger partial charge < -0.3 is 18.9 Å². The van der Waals surface area contributed by atoms with Crippen molar-refractivity contribution in [3.63, 3.8) is 0 Å². The fourth-order valence-corrected chi connectivity index (χ4v) is 4.77. The summed E-state index contributed by atoms with van der Waals surface area (Å²) in [5, 5.41) is 0. The fraction of sp³-hybridized carbons (Fsp3) is 0.385. The molecule has 3 atom stereocenters. The number of carbonyl (C=O) groups excluding carboxylic acids is 2. The van der Waals surface area contributed by atoms with E-state index in [0.717, 1.165) is 11.1 Å². The van der Waals surface area contributed by atoms with Crippen LogP contribution in [0.2, 0.25) is 0 Å². The van der Waals surface area contributed by atoms with Crippen molar-refractivity contribution in [2.24, 2.45) is 0 Å². The standard InChI is InChI=1S/C26H30O7S/c1-17(2)21-10-12-22(13-11-21)34(29)24-14-25(31-15-20-8-6-5-7-9-20)33-23(16-30-18(3)27)26(24)32-19(4)28/h5-13,17,23,25H,14-16H2,1-4H3/t23-,25+,34?/m1/s1. The van der Waals surface area contributed by atoms with Crippen LogP contribution in [0.3, 0.4) is 0 Å². The Labute approximate surface area is 202 Å². The van der Waals surface area contributed by atoms with Gasteiger partial charge in [0.2, 0.25) is 0 Å². The maximum absolute atomic E-state index is 13.6. The number of ether oxygens (including phenoxy) is 4. The van der Waals surface area contributed by atoms with Gasteiger partial charge in [-0.05, 0) is 29.2 Å². The molecule has 0 amide bonds. The Kier molecular flexibility index (Phi) is 9.15. The summed E-state index contributed by atoms with van der Waals surface area (Å²) in [4.78, 5) is 24.2. The first-order chi connectivity index (χ1) is 16.2. The zero-order valence-corrected chi connectivity index (χ0v) is 20.6. The van der Waals surface area contributed by atoms with Gasteiger partial charge >= 0.3 is 11.9 Å². The number of hydrogen-bond donors (Lipinski definition) is 0. The molecule has 3 rings (SSSR count). The second-order valence-electron chi connectivity index (χ2n) is 8.23. The van der Waals surface area contributed by atoms with Crippen LogP contribution in [-0.4, -0.2) is 35.1 Å². The van der Waals surface area contributed by atoms with Crippen LogP contribution < -0.4 is 0 Å². The maximum Gasteiger partial charge on any atom is 0.307 e. The average molecular weight is 487 g/mol. The second kappa shape index (κ2) is 12.1. The van der Waals surface area contributed by atoms with Crippen LogP contribution in [0, 0.1) is 0 Å². The molecular weight excluding hydrogens is 456 g/mol. The Morgan fingerprint density at radius 1 is 1.03 bits per heavy atom. The SMILES string of the molecule is CC(=O)OC[C@H]1O[C@H](OCc2ccccc2)CC(S(=O)c2ccc(C(C)C)cc2)=C1OC(C)=O. The predicted octanol–water partition coefficient (Wildman–Crippen LogP) is 4.59. The van der Waals surface area contributed by atoms with Gasteiger partial charge in [-0.3, -0.25) is 9.59 Å². The summed E-state index contributed by atoms with van der Waals surface area (Å²) in [6.07, 6.45) is -1.57. The molecule has 0 fully saturated rings. The number of benzene rings is 2. The van der Waals surface area contributed by atoms with E-state index in [1.165, 1.54) is 13.8 Å². The third kappa shape index (κ3) is 7.09. The maximum atomic E-state index is 13.6. The molecule has 182 valence electrons. The largest absolute Gasteiger partial charge is 0.463 e. The van der Waals surface area contributed by atoms with Crippen molar-refractivity contribution in [3.8, 4) is 0 Å². The molecule has 1 unspecified atom stereocenters. The normalized spacial score (nSPS) is 19.1. The first-order valence-corrected chi connectivity index (χ1v) is 12.3. The highest BCUT2D eigenvalue weighted by Gasteiger charge is 2.36. The monoisotopic (exact) mass is 486 g/mol. The van der Waals surface area contributed by atoms with Crippen molar-refractivity contribution >= 4 is 22.7 Å². The minimum atomic E-state index is -1.64. The van der Waals surface area contributed by atoms with Crippen LogP contribution in [0.25, 0.3) is 0 Å². The zero-order valence-electron chi connectivity index (χ0n) is 19.8. The number of rotatable bonds is 9. The summed E-state index contributed by atoms with van der Waals surface area (Å²) >= 11 is 0. The molecule has 7 nitrogen and oxygen atoms in total.